The molecule has 2 amide bonds. The van der Waals surface area contributed by atoms with Crippen LogP contribution in [0.3, 0.4) is 0 Å². The molecule has 0 saturated heterocycles. The summed E-state index contributed by atoms with van der Waals surface area (Å²) >= 11 is 0. The van der Waals surface area contributed by atoms with Crippen molar-refractivity contribution < 1.29 is 9.59 Å². The van der Waals surface area contributed by atoms with Gasteiger partial charge >= 0.3 is 0 Å². The van der Waals surface area contributed by atoms with E-state index >= 15 is 0 Å². The second-order valence-corrected chi connectivity index (χ2v) is 6.19. The highest BCUT2D eigenvalue weighted by molar-refractivity contribution is 5.87. The highest BCUT2D eigenvalue weighted by atomic mass is 16.2. The molecule has 0 spiro atoms. The summed E-state index contributed by atoms with van der Waals surface area (Å²) in [4.78, 5) is 23.5. The SMILES string of the molecule is CCC1CCCC(NC(=O)CNC(=O)[C@@H](N)C(C)C)C1. The van der Waals surface area contributed by atoms with Gasteiger partial charge in [-0.1, -0.05) is 40.0 Å². The average Bonchev–Trinajstić information content (AvgIpc) is 2.43. The minimum atomic E-state index is -0.554. The zero-order chi connectivity index (χ0) is 15.1. The fourth-order valence-electron chi connectivity index (χ4n) is 2.66. The van der Waals surface area contributed by atoms with E-state index in [4.69, 9.17) is 5.73 Å². The van der Waals surface area contributed by atoms with Crippen molar-refractivity contribution in [1.29, 1.82) is 0 Å². The molecule has 0 heterocycles. The van der Waals surface area contributed by atoms with Crippen molar-refractivity contribution in [2.45, 2.75) is 65.0 Å². The molecule has 0 aromatic rings. The molecule has 1 fully saturated rings. The first-order chi connectivity index (χ1) is 9.43. The minimum Gasteiger partial charge on any atom is -0.352 e. The first-order valence-corrected chi connectivity index (χ1v) is 7.76. The molecule has 1 aliphatic rings. The summed E-state index contributed by atoms with van der Waals surface area (Å²) in [5.74, 6) is 0.418. The maximum Gasteiger partial charge on any atom is 0.239 e. The number of carbonyl (C=O) groups excluding carboxylic acids is 2. The third-order valence-corrected chi connectivity index (χ3v) is 4.17. The molecule has 1 saturated carbocycles. The fraction of sp³-hybridized carbons (Fsp3) is 0.867. The Balaban J connectivity index is 2.28. The topological polar surface area (TPSA) is 84.2 Å². The lowest BCUT2D eigenvalue weighted by Crippen LogP contribution is -2.49. The maximum absolute atomic E-state index is 11.8. The molecule has 5 nitrogen and oxygen atoms in total. The van der Waals surface area contributed by atoms with Crippen molar-refractivity contribution in [2.24, 2.45) is 17.6 Å². The second kappa shape index (κ2) is 8.25. The molecule has 0 aliphatic heterocycles. The molecule has 0 aromatic carbocycles. The molecular formula is C15H29N3O2. The van der Waals surface area contributed by atoms with Gasteiger partial charge in [-0.2, -0.15) is 0 Å². The lowest BCUT2D eigenvalue weighted by atomic mass is 9.84. The van der Waals surface area contributed by atoms with Gasteiger partial charge in [0.05, 0.1) is 12.6 Å². The lowest BCUT2D eigenvalue weighted by molar-refractivity contribution is -0.127. The standard InChI is InChI=1S/C15H29N3O2/c1-4-11-6-5-7-12(8-11)18-13(19)9-17-15(20)14(16)10(2)3/h10-12,14H,4-9,16H2,1-3H3,(H,17,20)(H,18,19)/t11?,12?,14-/m0/s1. The van der Waals surface area contributed by atoms with Crippen LogP contribution in [0.25, 0.3) is 0 Å². The van der Waals surface area contributed by atoms with Gasteiger partial charge in [0.1, 0.15) is 0 Å². The van der Waals surface area contributed by atoms with Gasteiger partial charge in [0.2, 0.25) is 11.8 Å². The number of amides is 2. The monoisotopic (exact) mass is 283 g/mol. The highest BCUT2D eigenvalue weighted by Gasteiger charge is 2.23. The quantitative estimate of drug-likeness (QED) is 0.684. The van der Waals surface area contributed by atoms with Gasteiger partial charge in [-0.25, -0.2) is 0 Å². The Hall–Kier alpha value is -1.10. The first kappa shape index (κ1) is 17.0. The molecule has 2 unspecified atom stereocenters. The van der Waals surface area contributed by atoms with Crippen molar-refractivity contribution >= 4 is 11.8 Å². The molecule has 116 valence electrons. The predicted octanol–water partition coefficient (Wildman–Crippen LogP) is 1.17. The summed E-state index contributed by atoms with van der Waals surface area (Å²) in [5, 5.41) is 5.61. The Morgan fingerprint density at radius 1 is 1.30 bits per heavy atom. The number of carbonyl (C=O) groups is 2. The van der Waals surface area contributed by atoms with E-state index in [0.717, 1.165) is 18.8 Å². The molecule has 20 heavy (non-hydrogen) atoms. The summed E-state index contributed by atoms with van der Waals surface area (Å²) in [6.45, 7) is 5.99. The predicted molar refractivity (Wildman–Crippen MR) is 80.0 cm³/mol. The Kier molecular flexibility index (Phi) is 6.99. The van der Waals surface area contributed by atoms with E-state index in [0.29, 0.717) is 0 Å². The van der Waals surface area contributed by atoms with Gasteiger partial charge in [0, 0.05) is 6.04 Å². The van der Waals surface area contributed by atoms with Gasteiger partial charge in [-0.05, 0) is 24.7 Å². The van der Waals surface area contributed by atoms with Crippen LogP contribution in [-0.4, -0.2) is 30.4 Å². The summed E-state index contributed by atoms with van der Waals surface area (Å²) < 4.78 is 0. The third-order valence-electron chi connectivity index (χ3n) is 4.17. The van der Waals surface area contributed by atoms with E-state index in [1.165, 1.54) is 19.3 Å². The van der Waals surface area contributed by atoms with Crippen LogP contribution < -0.4 is 16.4 Å². The number of nitrogens with two attached hydrogens (primary N) is 1. The highest BCUT2D eigenvalue weighted by Crippen LogP contribution is 2.26. The van der Waals surface area contributed by atoms with Crippen LogP contribution in [0.1, 0.15) is 52.9 Å². The van der Waals surface area contributed by atoms with Gasteiger partial charge in [0.25, 0.3) is 0 Å². The van der Waals surface area contributed by atoms with Crippen LogP contribution in [0.15, 0.2) is 0 Å². The largest absolute Gasteiger partial charge is 0.352 e. The Morgan fingerprint density at radius 2 is 2.00 bits per heavy atom. The van der Waals surface area contributed by atoms with E-state index in [-0.39, 0.29) is 30.3 Å². The number of rotatable bonds is 6. The zero-order valence-electron chi connectivity index (χ0n) is 12.9. The number of nitrogens with one attached hydrogen (secondary N) is 2. The molecule has 0 bridgehead atoms. The van der Waals surface area contributed by atoms with Gasteiger partial charge in [0.15, 0.2) is 0 Å². The maximum atomic E-state index is 11.8. The van der Waals surface area contributed by atoms with Crippen molar-refractivity contribution in [3.63, 3.8) is 0 Å². The van der Waals surface area contributed by atoms with Crippen molar-refractivity contribution in [2.75, 3.05) is 6.54 Å². The zero-order valence-corrected chi connectivity index (χ0v) is 12.9. The average molecular weight is 283 g/mol. The molecule has 5 heteroatoms. The molecule has 1 rings (SSSR count). The Labute approximate surface area is 122 Å². The normalized spacial score (nSPS) is 24.2. The minimum absolute atomic E-state index is 0.0204. The molecule has 0 aromatic heterocycles. The Bertz CT molecular complexity index is 331. The van der Waals surface area contributed by atoms with Gasteiger partial charge < -0.3 is 16.4 Å². The van der Waals surface area contributed by atoms with E-state index < -0.39 is 6.04 Å². The summed E-state index contributed by atoms with van der Waals surface area (Å²) in [7, 11) is 0. The van der Waals surface area contributed by atoms with Gasteiger partial charge in [-0.3, -0.25) is 9.59 Å². The van der Waals surface area contributed by atoms with Crippen LogP contribution in [0.4, 0.5) is 0 Å². The van der Waals surface area contributed by atoms with Crippen LogP contribution in [0.5, 0.6) is 0 Å². The number of hydrogen-bond acceptors (Lipinski definition) is 3. The molecule has 0 radical (unpaired) electrons. The summed E-state index contributed by atoms with van der Waals surface area (Å²) in [6, 6.07) is -0.293. The lowest BCUT2D eigenvalue weighted by Gasteiger charge is -2.29. The van der Waals surface area contributed by atoms with Crippen molar-refractivity contribution in [1.82, 2.24) is 10.6 Å². The Morgan fingerprint density at radius 3 is 2.60 bits per heavy atom. The van der Waals surface area contributed by atoms with Crippen molar-refractivity contribution in [3.8, 4) is 0 Å². The molecule has 4 N–H and O–H groups in total. The molecule has 3 atom stereocenters. The van der Waals surface area contributed by atoms with Crippen molar-refractivity contribution in [3.05, 3.63) is 0 Å². The van der Waals surface area contributed by atoms with E-state index in [1.54, 1.807) is 0 Å². The van der Waals surface area contributed by atoms with Crippen LogP contribution >= 0.6 is 0 Å². The van der Waals surface area contributed by atoms with Crippen LogP contribution in [-0.2, 0) is 9.59 Å². The summed E-state index contributed by atoms with van der Waals surface area (Å²) in [5.41, 5.74) is 5.72. The van der Waals surface area contributed by atoms with Gasteiger partial charge in [-0.15, -0.1) is 0 Å². The molecular weight excluding hydrogens is 254 g/mol. The molecule has 1 aliphatic carbocycles. The third kappa shape index (κ3) is 5.49. The first-order valence-electron chi connectivity index (χ1n) is 7.76. The number of hydrogen-bond donors (Lipinski definition) is 3. The van der Waals surface area contributed by atoms with Crippen LogP contribution in [0.2, 0.25) is 0 Å². The second-order valence-electron chi connectivity index (χ2n) is 6.19. The smallest absolute Gasteiger partial charge is 0.239 e. The fourth-order valence-corrected chi connectivity index (χ4v) is 2.66. The van der Waals surface area contributed by atoms with E-state index in [1.807, 2.05) is 13.8 Å². The van der Waals surface area contributed by atoms with E-state index in [9.17, 15) is 9.59 Å². The van der Waals surface area contributed by atoms with E-state index in [2.05, 4.69) is 17.6 Å². The van der Waals surface area contributed by atoms with Crippen LogP contribution in [0, 0.1) is 11.8 Å². The summed E-state index contributed by atoms with van der Waals surface area (Å²) in [6.07, 6.45) is 5.71.